The molecule has 0 atom stereocenters. The fraction of sp³-hybridized carbons (Fsp3) is 0.263. The van der Waals surface area contributed by atoms with Crippen molar-refractivity contribution in [2.24, 2.45) is 5.73 Å². The molecule has 0 radical (unpaired) electrons. The van der Waals surface area contributed by atoms with Crippen LogP contribution >= 0.6 is 0 Å². The van der Waals surface area contributed by atoms with Crippen molar-refractivity contribution in [2.45, 2.75) is 33.2 Å². The predicted molar refractivity (Wildman–Crippen MR) is 93.5 cm³/mol. The van der Waals surface area contributed by atoms with Gasteiger partial charge in [0, 0.05) is 12.1 Å². The van der Waals surface area contributed by atoms with Gasteiger partial charge in [0.2, 0.25) is 0 Å². The van der Waals surface area contributed by atoms with Crippen molar-refractivity contribution >= 4 is 0 Å². The highest BCUT2D eigenvalue weighted by Crippen LogP contribution is 2.28. The van der Waals surface area contributed by atoms with Gasteiger partial charge in [-0.05, 0) is 36.1 Å². The van der Waals surface area contributed by atoms with Crippen molar-refractivity contribution < 1.29 is 0 Å². The van der Waals surface area contributed by atoms with Crippen LogP contribution in [0, 0.1) is 6.92 Å². The van der Waals surface area contributed by atoms with Crippen LogP contribution in [0.15, 0.2) is 48.5 Å². The highest BCUT2D eigenvalue weighted by atomic mass is 15.4. The summed E-state index contributed by atoms with van der Waals surface area (Å²) in [7, 11) is 0. The number of aryl methyl sites for hydroxylation is 1. The van der Waals surface area contributed by atoms with E-state index in [1.807, 2.05) is 16.8 Å². The summed E-state index contributed by atoms with van der Waals surface area (Å²) in [6.07, 6.45) is 0. The quantitative estimate of drug-likeness (QED) is 0.797. The first kappa shape index (κ1) is 15.4. The van der Waals surface area contributed by atoms with E-state index in [1.54, 1.807) is 0 Å². The van der Waals surface area contributed by atoms with Crippen LogP contribution in [0.1, 0.15) is 36.6 Å². The Labute approximate surface area is 137 Å². The monoisotopic (exact) mass is 306 g/mol. The fourth-order valence-electron chi connectivity index (χ4n) is 2.74. The SMILES string of the molecule is Cc1ccccc1-c1c(CN)nnn1-c1ccc(C(C)C)cc1. The number of nitrogens with two attached hydrogens (primary N) is 1. The molecule has 3 rings (SSSR count). The molecule has 4 nitrogen and oxygen atoms in total. The van der Waals surface area contributed by atoms with E-state index in [-0.39, 0.29) is 0 Å². The summed E-state index contributed by atoms with van der Waals surface area (Å²) < 4.78 is 1.88. The zero-order valence-corrected chi connectivity index (χ0v) is 13.8. The second-order valence-corrected chi connectivity index (χ2v) is 6.06. The minimum atomic E-state index is 0.369. The van der Waals surface area contributed by atoms with Gasteiger partial charge < -0.3 is 5.73 Å². The van der Waals surface area contributed by atoms with Crippen LogP contribution in [0.5, 0.6) is 0 Å². The number of hydrogen-bond donors (Lipinski definition) is 1. The van der Waals surface area contributed by atoms with Gasteiger partial charge in [-0.15, -0.1) is 5.10 Å². The zero-order valence-electron chi connectivity index (χ0n) is 13.8. The Morgan fingerprint density at radius 1 is 1.04 bits per heavy atom. The van der Waals surface area contributed by atoms with Crippen LogP contribution in [-0.4, -0.2) is 15.0 Å². The Hall–Kier alpha value is -2.46. The third kappa shape index (κ3) is 2.90. The van der Waals surface area contributed by atoms with E-state index < -0.39 is 0 Å². The first-order valence-corrected chi connectivity index (χ1v) is 7.92. The summed E-state index contributed by atoms with van der Waals surface area (Å²) in [4.78, 5) is 0. The van der Waals surface area contributed by atoms with Gasteiger partial charge in [0.15, 0.2) is 0 Å². The Morgan fingerprint density at radius 2 is 1.74 bits per heavy atom. The molecule has 2 N–H and O–H groups in total. The molecule has 1 heterocycles. The molecule has 1 aromatic heterocycles. The number of benzene rings is 2. The summed E-state index contributed by atoms with van der Waals surface area (Å²) in [5.74, 6) is 0.509. The lowest BCUT2D eigenvalue weighted by Crippen LogP contribution is -2.03. The zero-order chi connectivity index (χ0) is 16.4. The molecule has 0 aliphatic heterocycles. The highest BCUT2D eigenvalue weighted by Gasteiger charge is 2.16. The molecule has 0 spiro atoms. The fourth-order valence-corrected chi connectivity index (χ4v) is 2.74. The molecule has 23 heavy (non-hydrogen) atoms. The van der Waals surface area contributed by atoms with Crippen LogP contribution in [0.2, 0.25) is 0 Å². The third-order valence-electron chi connectivity index (χ3n) is 4.14. The van der Waals surface area contributed by atoms with E-state index in [4.69, 9.17) is 5.73 Å². The average molecular weight is 306 g/mol. The van der Waals surface area contributed by atoms with E-state index in [2.05, 4.69) is 67.5 Å². The van der Waals surface area contributed by atoms with Gasteiger partial charge in [-0.3, -0.25) is 0 Å². The number of aromatic nitrogens is 3. The Balaban J connectivity index is 2.14. The lowest BCUT2D eigenvalue weighted by Gasteiger charge is -2.11. The maximum Gasteiger partial charge on any atom is 0.105 e. The Kier molecular flexibility index (Phi) is 4.26. The first-order chi connectivity index (χ1) is 11.1. The maximum atomic E-state index is 5.88. The van der Waals surface area contributed by atoms with E-state index in [1.165, 1.54) is 11.1 Å². The number of hydrogen-bond acceptors (Lipinski definition) is 3. The molecule has 4 heteroatoms. The molecule has 0 aliphatic rings. The largest absolute Gasteiger partial charge is 0.325 e. The van der Waals surface area contributed by atoms with Gasteiger partial charge in [-0.25, -0.2) is 4.68 Å². The van der Waals surface area contributed by atoms with Crippen molar-refractivity contribution in [3.63, 3.8) is 0 Å². The van der Waals surface area contributed by atoms with Gasteiger partial charge in [0.1, 0.15) is 5.69 Å². The standard InChI is InChI=1S/C19H22N4/c1-13(2)15-8-10-16(11-9-15)23-19(18(12-20)21-22-23)17-7-5-4-6-14(17)3/h4-11,13H,12,20H2,1-3H3. The predicted octanol–water partition coefficient (Wildman–Crippen LogP) is 3.82. The van der Waals surface area contributed by atoms with Crippen LogP contribution in [0.25, 0.3) is 16.9 Å². The van der Waals surface area contributed by atoms with Crippen LogP contribution in [0.4, 0.5) is 0 Å². The molecular weight excluding hydrogens is 284 g/mol. The molecule has 0 bridgehead atoms. The Bertz CT molecular complexity index is 800. The van der Waals surface area contributed by atoms with Gasteiger partial charge in [-0.1, -0.05) is 55.5 Å². The summed E-state index contributed by atoms with van der Waals surface area (Å²) in [5.41, 5.74) is 12.3. The number of rotatable bonds is 4. The van der Waals surface area contributed by atoms with Crippen LogP contribution in [0.3, 0.4) is 0 Å². The van der Waals surface area contributed by atoms with Crippen molar-refractivity contribution in [1.29, 1.82) is 0 Å². The topological polar surface area (TPSA) is 56.7 Å². The molecule has 0 saturated heterocycles. The molecule has 2 aromatic carbocycles. The van der Waals surface area contributed by atoms with Crippen molar-refractivity contribution in [2.75, 3.05) is 0 Å². The van der Waals surface area contributed by atoms with Crippen molar-refractivity contribution in [1.82, 2.24) is 15.0 Å². The molecule has 0 amide bonds. The van der Waals surface area contributed by atoms with E-state index in [9.17, 15) is 0 Å². The van der Waals surface area contributed by atoms with Gasteiger partial charge in [0.25, 0.3) is 0 Å². The number of nitrogens with zero attached hydrogens (tertiary/aromatic N) is 3. The summed E-state index contributed by atoms with van der Waals surface area (Å²) in [6, 6.07) is 16.7. The van der Waals surface area contributed by atoms with E-state index in [0.29, 0.717) is 12.5 Å². The molecule has 0 unspecified atom stereocenters. The lowest BCUT2D eigenvalue weighted by atomic mass is 10.0. The third-order valence-corrected chi connectivity index (χ3v) is 4.14. The Morgan fingerprint density at radius 3 is 2.35 bits per heavy atom. The van der Waals surface area contributed by atoms with Crippen LogP contribution in [-0.2, 0) is 6.54 Å². The van der Waals surface area contributed by atoms with Crippen molar-refractivity contribution in [3.05, 3.63) is 65.4 Å². The van der Waals surface area contributed by atoms with Crippen molar-refractivity contribution in [3.8, 4) is 16.9 Å². The van der Waals surface area contributed by atoms with E-state index >= 15 is 0 Å². The van der Waals surface area contributed by atoms with Gasteiger partial charge >= 0.3 is 0 Å². The average Bonchev–Trinajstić information content (AvgIpc) is 2.99. The van der Waals surface area contributed by atoms with Crippen LogP contribution < -0.4 is 5.73 Å². The molecule has 3 aromatic rings. The van der Waals surface area contributed by atoms with Gasteiger partial charge in [-0.2, -0.15) is 0 Å². The molecule has 0 fully saturated rings. The highest BCUT2D eigenvalue weighted by molar-refractivity contribution is 5.67. The molecule has 0 saturated carbocycles. The minimum absolute atomic E-state index is 0.369. The summed E-state index contributed by atoms with van der Waals surface area (Å²) >= 11 is 0. The minimum Gasteiger partial charge on any atom is -0.325 e. The molecular formula is C19H22N4. The lowest BCUT2D eigenvalue weighted by molar-refractivity contribution is 0.797. The first-order valence-electron chi connectivity index (χ1n) is 7.92. The maximum absolute atomic E-state index is 5.88. The molecule has 0 aliphatic carbocycles. The second-order valence-electron chi connectivity index (χ2n) is 6.06. The van der Waals surface area contributed by atoms with Gasteiger partial charge in [0.05, 0.1) is 11.4 Å². The van der Waals surface area contributed by atoms with E-state index in [0.717, 1.165) is 22.6 Å². The summed E-state index contributed by atoms with van der Waals surface area (Å²) in [6.45, 7) is 6.84. The molecule has 118 valence electrons. The normalized spacial score (nSPS) is 11.2. The summed E-state index contributed by atoms with van der Waals surface area (Å²) in [5, 5.41) is 8.61. The second kappa shape index (κ2) is 6.34. The smallest absolute Gasteiger partial charge is 0.105 e.